The highest BCUT2D eigenvalue weighted by molar-refractivity contribution is 9.10. The number of carbonyl (C=O) groups excluding carboxylic acids is 1. The summed E-state index contributed by atoms with van der Waals surface area (Å²) in [6.07, 6.45) is 2.72. The molecule has 0 radical (unpaired) electrons. The van der Waals surface area contributed by atoms with Gasteiger partial charge in [-0.15, -0.1) is 0 Å². The topological polar surface area (TPSA) is 55.1 Å². The highest BCUT2D eigenvalue weighted by atomic mass is 79.9. The van der Waals surface area contributed by atoms with Crippen LogP contribution in [0, 0.1) is 0 Å². The second-order valence-corrected chi connectivity index (χ2v) is 5.63. The van der Waals surface area contributed by atoms with Gasteiger partial charge in [-0.05, 0) is 36.1 Å². The minimum Gasteiger partial charge on any atom is -0.351 e. The van der Waals surface area contributed by atoms with E-state index in [0.717, 1.165) is 15.8 Å². The number of hydrogen-bond donors (Lipinski definition) is 2. The van der Waals surface area contributed by atoms with Crippen LogP contribution in [0.3, 0.4) is 0 Å². The van der Waals surface area contributed by atoms with Gasteiger partial charge in [-0.3, -0.25) is 4.79 Å². The number of amides is 1. The van der Waals surface area contributed by atoms with E-state index in [9.17, 15) is 4.79 Å². The Balaban J connectivity index is 2.34. The Hall–Kier alpha value is -0.520. The number of hydrogen-bond acceptors (Lipinski definition) is 3. The van der Waals surface area contributed by atoms with Crippen molar-refractivity contribution < 1.29 is 4.79 Å². The van der Waals surface area contributed by atoms with Crippen molar-refractivity contribution in [2.24, 2.45) is 5.73 Å². The van der Waals surface area contributed by atoms with E-state index >= 15 is 0 Å². The summed E-state index contributed by atoms with van der Waals surface area (Å²) in [7, 11) is 0. The standard InChI is InChI=1S/C12H17BrN2OS/c1-17-7-6-11(14)12(16)15-8-9-2-4-10(13)5-3-9/h2-5,11H,6-8,14H2,1H3,(H,15,16)/t11-/m1/s1. The minimum absolute atomic E-state index is 0.0815. The van der Waals surface area contributed by atoms with Gasteiger partial charge >= 0.3 is 0 Å². The van der Waals surface area contributed by atoms with Crippen LogP contribution in [0.15, 0.2) is 28.7 Å². The smallest absolute Gasteiger partial charge is 0.237 e. The molecule has 0 aromatic heterocycles. The van der Waals surface area contributed by atoms with E-state index in [1.165, 1.54) is 0 Å². The molecular weight excluding hydrogens is 300 g/mol. The molecule has 94 valence electrons. The van der Waals surface area contributed by atoms with E-state index in [4.69, 9.17) is 5.73 Å². The molecule has 1 rings (SSSR count). The first-order valence-electron chi connectivity index (χ1n) is 5.40. The Morgan fingerprint density at radius 2 is 2.12 bits per heavy atom. The highest BCUT2D eigenvalue weighted by Gasteiger charge is 2.11. The van der Waals surface area contributed by atoms with Crippen LogP contribution in [-0.2, 0) is 11.3 Å². The molecule has 17 heavy (non-hydrogen) atoms. The Kier molecular flexibility index (Phi) is 6.62. The lowest BCUT2D eigenvalue weighted by Gasteiger charge is -2.11. The molecule has 5 heteroatoms. The molecule has 0 aliphatic carbocycles. The van der Waals surface area contributed by atoms with Crippen molar-refractivity contribution in [3.05, 3.63) is 34.3 Å². The van der Waals surface area contributed by atoms with Gasteiger partial charge in [0.2, 0.25) is 5.91 Å². The van der Waals surface area contributed by atoms with Crippen LogP contribution >= 0.6 is 27.7 Å². The predicted molar refractivity (Wildman–Crippen MR) is 77.0 cm³/mol. The van der Waals surface area contributed by atoms with E-state index in [-0.39, 0.29) is 5.91 Å². The van der Waals surface area contributed by atoms with Crippen LogP contribution in [0.5, 0.6) is 0 Å². The number of nitrogens with one attached hydrogen (secondary N) is 1. The van der Waals surface area contributed by atoms with Gasteiger partial charge in [0.15, 0.2) is 0 Å². The third kappa shape index (κ3) is 5.57. The normalized spacial score (nSPS) is 12.2. The van der Waals surface area contributed by atoms with E-state index in [0.29, 0.717) is 13.0 Å². The molecule has 1 aromatic carbocycles. The summed E-state index contributed by atoms with van der Waals surface area (Å²) in [6, 6.07) is 7.44. The molecule has 0 heterocycles. The van der Waals surface area contributed by atoms with Crippen LogP contribution in [-0.4, -0.2) is 24.0 Å². The van der Waals surface area contributed by atoms with Gasteiger partial charge in [-0.1, -0.05) is 28.1 Å². The zero-order chi connectivity index (χ0) is 12.7. The fourth-order valence-electron chi connectivity index (χ4n) is 1.30. The highest BCUT2D eigenvalue weighted by Crippen LogP contribution is 2.10. The monoisotopic (exact) mass is 316 g/mol. The van der Waals surface area contributed by atoms with Gasteiger partial charge < -0.3 is 11.1 Å². The van der Waals surface area contributed by atoms with Gasteiger partial charge in [-0.2, -0.15) is 11.8 Å². The van der Waals surface area contributed by atoms with Gasteiger partial charge in [0.05, 0.1) is 6.04 Å². The third-order valence-corrected chi connectivity index (χ3v) is 3.52. The molecule has 1 atom stereocenters. The molecule has 1 aromatic rings. The van der Waals surface area contributed by atoms with Crippen LogP contribution in [0.2, 0.25) is 0 Å². The van der Waals surface area contributed by atoms with Crippen molar-refractivity contribution >= 4 is 33.6 Å². The van der Waals surface area contributed by atoms with E-state index in [1.54, 1.807) is 11.8 Å². The molecule has 0 saturated heterocycles. The van der Waals surface area contributed by atoms with Crippen molar-refractivity contribution in [1.29, 1.82) is 0 Å². The van der Waals surface area contributed by atoms with Crippen molar-refractivity contribution in [3.8, 4) is 0 Å². The van der Waals surface area contributed by atoms with E-state index in [1.807, 2.05) is 30.5 Å². The maximum absolute atomic E-state index is 11.6. The Labute approximate surface area is 115 Å². The summed E-state index contributed by atoms with van der Waals surface area (Å²) in [6.45, 7) is 0.527. The molecule has 3 N–H and O–H groups in total. The average molecular weight is 317 g/mol. The van der Waals surface area contributed by atoms with Gasteiger partial charge in [0, 0.05) is 11.0 Å². The first-order valence-corrected chi connectivity index (χ1v) is 7.59. The second kappa shape index (κ2) is 7.74. The lowest BCUT2D eigenvalue weighted by Crippen LogP contribution is -2.40. The molecule has 0 saturated carbocycles. The fourth-order valence-corrected chi connectivity index (χ4v) is 2.05. The molecular formula is C12H17BrN2OS. The van der Waals surface area contributed by atoms with Crippen LogP contribution < -0.4 is 11.1 Å². The lowest BCUT2D eigenvalue weighted by atomic mass is 10.2. The van der Waals surface area contributed by atoms with Crippen molar-refractivity contribution in [2.75, 3.05) is 12.0 Å². The third-order valence-electron chi connectivity index (χ3n) is 2.35. The Bertz CT molecular complexity index is 356. The van der Waals surface area contributed by atoms with Gasteiger partial charge in [0.25, 0.3) is 0 Å². The minimum atomic E-state index is -0.405. The van der Waals surface area contributed by atoms with Crippen molar-refractivity contribution in [2.45, 2.75) is 19.0 Å². The number of halogens is 1. The molecule has 0 bridgehead atoms. The average Bonchev–Trinajstić information content (AvgIpc) is 2.34. The first kappa shape index (κ1) is 14.5. The quantitative estimate of drug-likeness (QED) is 0.845. The lowest BCUT2D eigenvalue weighted by molar-refractivity contribution is -0.122. The number of rotatable bonds is 6. The Morgan fingerprint density at radius 1 is 1.47 bits per heavy atom. The van der Waals surface area contributed by atoms with Crippen molar-refractivity contribution in [3.63, 3.8) is 0 Å². The van der Waals surface area contributed by atoms with E-state index in [2.05, 4.69) is 21.2 Å². The van der Waals surface area contributed by atoms with Gasteiger partial charge in [-0.25, -0.2) is 0 Å². The summed E-state index contributed by atoms with van der Waals surface area (Å²) in [5.41, 5.74) is 6.83. The summed E-state index contributed by atoms with van der Waals surface area (Å²) in [5.74, 6) is 0.828. The summed E-state index contributed by atoms with van der Waals surface area (Å²) in [5, 5.41) is 2.84. The zero-order valence-electron chi connectivity index (χ0n) is 9.78. The molecule has 3 nitrogen and oxygen atoms in total. The predicted octanol–water partition coefficient (Wildman–Crippen LogP) is 2.15. The second-order valence-electron chi connectivity index (χ2n) is 3.73. The SMILES string of the molecule is CSCC[C@@H](N)C(=O)NCc1ccc(Br)cc1. The van der Waals surface area contributed by atoms with Crippen LogP contribution in [0.25, 0.3) is 0 Å². The van der Waals surface area contributed by atoms with Crippen molar-refractivity contribution in [1.82, 2.24) is 5.32 Å². The maximum Gasteiger partial charge on any atom is 0.237 e. The number of carbonyl (C=O) groups is 1. The summed E-state index contributed by atoms with van der Waals surface area (Å²) in [4.78, 5) is 11.6. The molecule has 0 aliphatic rings. The maximum atomic E-state index is 11.6. The molecule has 1 amide bonds. The first-order chi connectivity index (χ1) is 8.13. The molecule has 0 aliphatic heterocycles. The summed E-state index contributed by atoms with van der Waals surface area (Å²) >= 11 is 5.07. The van der Waals surface area contributed by atoms with Crippen LogP contribution in [0.4, 0.5) is 0 Å². The van der Waals surface area contributed by atoms with Crippen LogP contribution in [0.1, 0.15) is 12.0 Å². The van der Waals surface area contributed by atoms with Gasteiger partial charge in [0.1, 0.15) is 0 Å². The fraction of sp³-hybridized carbons (Fsp3) is 0.417. The number of benzene rings is 1. The molecule has 0 unspecified atom stereocenters. The summed E-state index contributed by atoms with van der Waals surface area (Å²) < 4.78 is 1.03. The number of nitrogens with two attached hydrogens (primary N) is 1. The van der Waals surface area contributed by atoms with E-state index < -0.39 is 6.04 Å². The molecule has 0 spiro atoms. The Morgan fingerprint density at radius 3 is 2.71 bits per heavy atom. The largest absolute Gasteiger partial charge is 0.351 e. The number of thioether (sulfide) groups is 1. The molecule has 0 fully saturated rings. The zero-order valence-corrected chi connectivity index (χ0v) is 12.2.